The average molecular weight is 428 g/mol. The smallest absolute Gasteiger partial charge is 0.250 e. The number of aromatic nitrogens is 3. The van der Waals surface area contributed by atoms with E-state index in [2.05, 4.69) is 35.7 Å². The predicted octanol–water partition coefficient (Wildman–Crippen LogP) is 4.97. The topological polar surface area (TPSA) is 78.3 Å². The third-order valence-corrected chi connectivity index (χ3v) is 5.06. The van der Waals surface area contributed by atoms with Gasteiger partial charge in [-0.2, -0.15) is 20.1 Å². The molecule has 2 heterocycles. The molecular formula is C20H19Cl2N7. The van der Waals surface area contributed by atoms with Crippen LogP contribution in [0.2, 0.25) is 10.0 Å². The van der Waals surface area contributed by atoms with E-state index in [9.17, 15) is 0 Å². The first-order valence-electron chi connectivity index (χ1n) is 9.25. The normalized spacial score (nSPS) is 13.8. The fraction of sp³-hybridized carbons (Fsp3) is 0.200. The van der Waals surface area contributed by atoms with E-state index in [1.165, 1.54) is 0 Å². The van der Waals surface area contributed by atoms with Crippen LogP contribution >= 0.6 is 23.2 Å². The summed E-state index contributed by atoms with van der Waals surface area (Å²) in [6, 6.07) is 15.0. The van der Waals surface area contributed by atoms with Crippen molar-refractivity contribution in [1.82, 2.24) is 15.0 Å². The highest BCUT2D eigenvalue weighted by Crippen LogP contribution is 2.23. The van der Waals surface area contributed by atoms with Gasteiger partial charge in [0.2, 0.25) is 17.8 Å². The predicted molar refractivity (Wildman–Crippen MR) is 119 cm³/mol. The number of anilines is 4. The summed E-state index contributed by atoms with van der Waals surface area (Å²) in [5.41, 5.74) is 4.38. The molecule has 7 nitrogen and oxygen atoms in total. The van der Waals surface area contributed by atoms with E-state index in [0.29, 0.717) is 33.5 Å². The van der Waals surface area contributed by atoms with Crippen LogP contribution in [0.25, 0.3) is 0 Å². The van der Waals surface area contributed by atoms with Crippen molar-refractivity contribution in [3.05, 3.63) is 64.1 Å². The lowest BCUT2D eigenvalue weighted by Gasteiger charge is -2.16. The van der Waals surface area contributed by atoms with Crippen molar-refractivity contribution in [2.45, 2.75) is 12.8 Å². The van der Waals surface area contributed by atoms with E-state index >= 15 is 0 Å². The first-order chi connectivity index (χ1) is 14.2. The Kier molecular flexibility index (Phi) is 6.07. The van der Waals surface area contributed by atoms with E-state index in [-0.39, 0.29) is 0 Å². The molecule has 0 atom stereocenters. The molecule has 1 aliphatic heterocycles. The molecular weight excluding hydrogens is 409 g/mol. The third kappa shape index (κ3) is 4.93. The molecule has 1 aromatic heterocycles. The van der Waals surface area contributed by atoms with Gasteiger partial charge < -0.3 is 10.2 Å². The zero-order chi connectivity index (χ0) is 20.1. The SMILES string of the molecule is Clc1cccc(Cl)c1/C=N/Nc1nc(Nc2ccccc2)nc(N2CCCC2)n1. The van der Waals surface area contributed by atoms with Gasteiger partial charge in [0.05, 0.1) is 16.3 Å². The Labute approximate surface area is 178 Å². The molecule has 1 saturated heterocycles. The number of para-hydroxylation sites is 1. The Morgan fingerprint density at radius 1 is 0.862 bits per heavy atom. The number of benzene rings is 2. The van der Waals surface area contributed by atoms with Crippen LogP contribution in [0.4, 0.5) is 23.5 Å². The summed E-state index contributed by atoms with van der Waals surface area (Å²) < 4.78 is 0. The van der Waals surface area contributed by atoms with Crippen LogP contribution in [-0.2, 0) is 0 Å². The summed E-state index contributed by atoms with van der Waals surface area (Å²) in [4.78, 5) is 15.6. The van der Waals surface area contributed by atoms with E-state index in [0.717, 1.165) is 31.6 Å². The molecule has 4 rings (SSSR count). The lowest BCUT2D eigenvalue weighted by molar-refractivity contribution is 0.883. The Morgan fingerprint density at radius 2 is 1.55 bits per heavy atom. The van der Waals surface area contributed by atoms with E-state index < -0.39 is 0 Å². The third-order valence-electron chi connectivity index (χ3n) is 4.40. The highest BCUT2D eigenvalue weighted by Gasteiger charge is 2.17. The average Bonchev–Trinajstić information content (AvgIpc) is 3.26. The summed E-state index contributed by atoms with van der Waals surface area (Å²) in [6.07, 6.45) is 3.80. The quantitative estimate of drug-likeness (QED) is 0.427. The molecule has 0 spiro atoms. The minimum atomic E-state index is 0.333. The fourth-order valence-electron chi connectivity index (χ4n) is 2.97. The molecule has 1 fully saturated rings. The standard InChI is InChI=1S/C20H19Cl2N7/c21-16-9-6-10-17(22)15(16)13-23-28-19-25-18(24-14-7-2-1-3-8-14)26-20(27-19)29-11-4-5-12-29/h1-3,6-10,13H,4-5,11-12H2,(H2,24,25,26,27,28)/b23-13+. The van der Waals surface area contributed by atoms with Gasteiger partial charge in [0.25, 0.3) is 0 Å². The zero-order valence-electron chi connectivity index (χ0n) is 15.5. The van der Waals surface area contributed by atoms with Crippen molar-refractivity contribution in [1.29, 1.82) is 0 Å². The minimum absolute atomic E-state index is 0.333. The van der Waals surface area contributed by atoms with Crippen molar-refractivity contribution < 1.29 is 0 Å². The summed E-state index contributed by atoms with van der Waals surface area (Å²) in [6.45, 7) is 1.85. The molecule has 9 heteroatoms. The second kappa shape index (κ2) is 9.07. The molecule has 0 radical (unpaired) electrons. The molecule has 3 aromatic rings. The number of hydrogen-bond donors (Lipinski definition) is 2. The summed E-state index contributed by atoms with van der Waals surface area (Å²) in [5.74, 6) is 1.39. The lowest BCUT2D eigenvalue weighted by atomic mass is 10.2. The van der Waals surface area contributed by atoms with Gasteiger partial charge in [-0.1, -0.05) is 47.5 Å². The molecule has 1 aliphatic rings. The van der Waals surface area contributed by atoms with Gasteiger partial charge >= 0.3 is 0 Å². The maximum atomic E-state index is 6.18. The number of rotatable bonds is 6. The molecule has 0 saturated carbocycles. The van der Waals surface area contributed by atoms with Gasteiger partial charge in [-0.15, -0.1) is 0 Å². The van der Waals surface area contributed by atoms with Gasteiger partial charge in [0.1, 0.15) is 0 Å². The van der Waals surface area contributed by atoms with Gasteiger partial charge in [0.15, 0.2) is 0 Å². The van der Waals surface area contributed by atoms with Crippen LogP contribution in [0.5, 0.6) is 0 Å². The highest BCUT2D eigenvalue weighted by atomic mass is 35.5. The van der Waals surface area contributed by atoms with E-state index in [1.54, 1.807) is 24.4 Å². The van der Waals surface area contributed by atoms with Crippen molar-refractivity contribution in [2.75, 3.05) is 28.7 Å². The van der Waals surface area contributed by atoms with Crippen LogP contribution in [0, 0.1) is 0 Å². The van der Waals surface area contributed by atoms with Crippen LogP contribution in [0.3, 0.4) is 0 Å². The maximum absolute atomic E-state index is 6.18. The van der Waals surface area contributed by atoms with E-state index in [1.807, 2.05) is 30.3 Å². The van der Waals surface area contributed by atoms with Crippen molar-refractivity contribution in [2.24, 2.45) is 5.10 Å². The lowest BCUT2D eigenvalue weighted by Crippen LogP contribution is -2.21. The number of hydrazone groups is 1. The Hall–Kier alpha value is -2.90. The molecule has 0 aliphatic carbocycles. The number of hydrogen-bond acceptors (Lipinski definition) is 7. The monoisotopic (exact) mass is 427 g/mol. The first-order valence-corrected chi connectivity index (χ1v) is 10.0. The largest absolute Gasteiger partial charge is 0.341 e. The van der Waals surface area contributed by atoms with Gasteiger partial charge in [-0.05, 0) is 37.1 Å². The van der Waals surface area contributed by atoms with Gasteiger partial charge in [-0.3, -0.25) is 0 Å². The van der Waals surface area contributed by atoms with Crippen molar-refractivity contribution in [3.63, 3.8) is 0 Å². The van der Waals surface area contributed by atoms with Gasteiger partial charge in [-0.25, -0.2) is 5.43 Å². The van der Waals surface area contributed by atoms with Crippen molar-refractivity contribution >= 4 is 52.9 Å². The maximum Gasteiger partial charge on any atom is 0.250 e. The van der Waals surface area contributed by atoms with Crippen LogP contribution < -0.4 is 15.6 Å². The van der Waals surface area contributed by atoms with Crippen LogP contribution in [0.15, 0.2) is 53.6 Å². The molecule has 2 N–H and O–H groups in total. The Balaban J connectivity index is 1.58. The zero-order valence-corrected chi connectivity index (χ0v) is 17.0. The second-order valence-corrected chi connectivity index (χ2v) is 7.29. The van der Waals surface area contributed by atoms with E-state index in [4.69, 9.17) is 23.2 Å². The van der Waals surface area contributed by atoms with Crippen LogP contribution in [0.1, 0.15) is 18.4 Å². The summed E-state index contributed by atoms with van der Waals surface area (Å²) in [7, 11) is 0. The van der Waals surface area contributed by atoms with Gasteiger partial charge in [0, 0.05) is 24.3 Å². The molecule has 2 aromatic carbocycles. The summed E-state index contributed by atoms with van der Waals surface area (Å²) >= 11 is 12.4. The summed E-state index contributed by atoms with van der Waals surface area (Å²) in [5, 5.41) is 8.45. The molecule has 29 heavy (non-hydrogen) atoms. The molecule has 0 unspecified atom stereocenters. The Morgan fingerprint density at radius 3 is 2.28 bits per heavy atom. The van der Waals surface area contributed by atoms with Crippen molar-refractivity contribution in [3.8, 4) is 0 Å². The number of nitrogens with zero attached hydrogens (tertiary/aromatic N) is 5. The molecule has 0 amide bonds. The number of halogens is 2. The second-order valence-electron chi connectivity index (χ2n) is 6.47. The highest BCUT2D eigenvalue weighted by molar-refractivity contribution is 6.38. The first kappa shape index (κ1) is 19.4. The number of nitrogens with one attached hydrogen (secondary N) is 2. The molecule has 148 valence electrons. The molecule has 0 bridgehead atoms. The van der Waals surface area contributed by atoms with Crippen LogP contribution in [-0.4, -0.2) is 34.3 Å². The minimum Gasteiger partial charge on any atom is -0.341 e. The Bertz CT molecular complexity index is 985. The fourth-order valence-corrected chi connectivity index (χ4v) is 3.46.